The van der Waals surface area contributed by atoms with E-state index >= 15 is 0 Å². The molecule has 1 aliphatic carbocycles. The van der Waals surface area contributed by atoms with Crippen LogP contribution in [0.5, 0.6) is 0 Å². The minimum atomic E-state index is -0.143. The molecule has 0 saturated heterocycles. The number of rotatable bonds is 0. The monoisotopic (exact) mass is 274 g/mol. The van der Waals surface area contributed by atoms with E-state index in [-0.39, 0.29) is 11.6 Å². The predicted octanol–water partition coefficient (Wildman–Crippen LogP) is 1.28. The molecule has 21 heavy (non-hydrogen) atoms. The van der Waals surface area contributed by atoms with Crippen LogP contribution in [-0.2, 0) is 0 Å². The molecule has 0 fully saturated rings. The molecule has 4 aromatic rings. The molecule has 0 spiro atoms. The van der Waals surface area contributed by atoms with Gasteiger partial charge in [0.1, 0.15) is 5.69 Å². The van der Waals surface area contributed by atoms with Crippen molar-refractivity contribution in [3.63, 3.8) is 0 Å². The Kier molecular flexibility index (Phi) is 1.74. The third-order valence-corrected chi connectivity index (χ3v) is 3.67. The molecule has 2 aromatic carbocycles. The van der Waals surface area contributed by atoms with Gasteiger partial charge in [0.25, 0.3) is 5.78 Å². The molecule has 1 aliphatic rings. The van der Waals surface area contributed by atoms with Crippen LogP contribution in [0.25, 0.3) is 27.8 Å². The summed E-state index contributed by atoms with van der Waals surface area (Å²) in [7, 11) is 0. The normalized spacial score (nSPS) is 12.9. The average Bonchev–Trinajstić information content (AvgIpc) is 3.08. The molecule has 0 radical (unpaired) electrons. The van der Waals surface area contributed by atoms with Crippen molar-refractivity contribution in [3.05, 3.63) is 47.7 Å². The quantitative estimate of drug-likeness (QED) is 0.423. The van der Waals surface area contributed by atoms with Crippen LogP contribution in [-0.4, -0.2) is 36.0 Å². The summed E-state index contributed by atoms with van der Waals surface area (Å²) in [6.45, 7) is 0. The number of benzene rings is 2. The van der Waals surface area contributed by atoms with E-state index in [9.17, 15) is 4.79 Å². The minimum absolute atomic E-state index is 0.143. The number of carbonyl (C=O) groups is 1. The van der Waals surface area contributed by atoms with Crippen LogP contribution in [0.2, 0.25) is 0 Å². The second-order valence-corrected chi connectivity index (χ2v) is 4.85. The molecule has 0 atom stereocenters. The van der Waals surface area contributed by atoms with Crippen molar-refractivity contribution in [1.82, 2.24) is 30.2 Å². The average molecular weight is 274 g/mol. The molecule has 0 saturated carbocycles. The highest BCUT2D eigenvalue weighted by Gasteiger charge is 2.31. The first-order valence-electron chi connectivity index (χ1n) is 6.35. The Bertz CT molecular complexity index is 1070. The van der Waals surface area contributed by atoms with Gasteiger partial charge in [-0.25, -0.2) is 4.98 Å². The summed E-state index contributed by atoms with van der Waals surface area (Å²) >= 11 is 0. The van der Waals surface area contributed by atoms with E-state index in [2.05, 4.69) is 25.6 Å². The van der Waals surface area contributed by atoms with Crippen LogP contribution in [0.3, 0.4) is 0 Å². The highest BCUT2D eigenvalue weighted by atomic mass is 16.1. The van der Waals surface area contributed by atoms with Crippen molar-refractivity contribution in [3.8, 4) is 11.3 Å². The van der Waals surface area contributed by atoms with Gasteiger partial charge in [0.05, 0.1) is 0 Å². The molecule has 7 heteroatoms. The fourth-order valence-electron chi connectivity index (χ4n) is 2.70. The number of fused-ring (bicyclic) bond motifs is 5. The van der Waals surface area contributed by atoms with Gasteiger partial charge in [-0.05, 0) is 33.3 Å². The van der Waals surface area contributed by atoms with E-state index < -0.39 is 0 Å². The maximum absolute atomic E-state index is 12.5. The highest BCUT2D eigenvalue weighted by Crippen LogP contribution is 2.36. The van der Waals surface area contributed by atoms with Gasteiger partial charge in [0, 0.05) is 11.1 Å². The number of hydrogen-bond donors (Lipinski definition) is 0. The summed E-state index contributed by atoms with van der Waals surface area (Å²) in [4.78, 5) is 16.9. The fourth-order valence-corrected chi connectivity index (χ4v) is 2.70. The van der Waals surface area contributed by atoms with Gasteiger partial charge in [0.2, 0.25) is 5.78 Å². The molecule has 0 unspecified atom stereocenters. The summed E-state index contributed by atoms with van der Waals surface area (Å²) in [5, 5.41) is 17.2. The number of carbonyl (C=O) groups excluding carboxylic acids is 1. The predicted molar refractivity (Wildman–Crippen MR) is 72.7 cm³/mol. The minimum Gasteiger partial charge on any atom is -0.287 e. The third-order valence-electron chi connectivity index (χ3n) is 3.67. The third kappa shape index (κ3) is 1.27. The summed E-state index contributed by atoms with van der Waals surface area (Å²) < 4.78 is 1.17. The first-order valence-corrected chi connectivity index (χ1v) is 6.35. The SMILES string of the molecule is O=C1c2cc3ccccc3cc2-c2nc3nnnn3nc21. The van der Waals surface area contributed by atoms with E-state index in [0.29, 0.717) is 17.0 Å². The zero-order valence-electron chi connectivity index (χ0n) is 10.6. The van der Waals surface area contributed by atoms with Crippen LogP contribution in [0, 0.1) is 0 Å². The van der Waals surface area contributed by atoms with Gasteiger partial charge < -0.3 is 0 Å². The Balaban J connectivity index is 1.92. The van der Waals surface area contributed by atoms with Crippen LogP contribution >= 0.6 is 0 Å². The standard InChI is InChI=1S/C14H6N6O/c21-13-10-6-8-4-2-1-3-7(8)5-9(10)11-12(13)17-20-14(15-11)16-18-19-20/h1-6H. The van der Waals surface area contributed by atoms with Gasteiger partial charge in [-0.3, -0.25) is 4.79 Å². The Labute approximate surface area is 117 Å². The van der Waals surface area contributed by atoms with Crippen LogP contribution in [0.1, 0.15) is 16.1 Å². The van der Waals surface area contributed by atoms with Gasteiger partial charge in [-0.1, -0.05) is 34.0 Å². The second kappa shape index (κ2) is 3.45. The Morgan fingerprint density at radius 2 is 1.71 bits per heavy atom. The lowest BCUT2D eigenvalue weighted by atomic mass is 10.0. The Morgan fingerprint density at radius 3 is 2.52 bits per heavy atom. The maximum atomic E-state index is 12.5. The lowest BCUT2D eigenvalue weighted by molar-refractivity contribution is 0.103. The summed E-state index contributed by atoms with van der Waals surface area (Å²) in [6, 6.07) is 11.7. The van der Waals surface area contributed by atoms with Crippen molar-refractivity contribution in [2.75, 3.05) is 0 Å². The molecule has 0 amide bonds. The number of nitrogens with zero attached hydrogens (tertiary/aromatic N) is 6. The van der Waals surface area contributed by atoms with Crippen molar-refractivity contribution in [1.29, 1.82) is 0 Å². The number of ketones is 1. The first kappa shape index (κ1) is 10.6. The lowest BCUT2D eigenvalue weighted by Crippen LogP contribution is -2.06. The van der Waals surface area contributed by atoms with Crippen molar-refractivity contribution >= 4 is 22.3 Å². The van der Waals surface area contributed by atoms with Crippen LogP contribution < -0.4 is 0 Å². The molecular formula is C14H6N6O. The summed E-state index contributed by atoms with van der Waals surface area (Å²) in [6.07, 6.45) is 0. The second-order valence-electron chi connectivity index (χ2n) is 4.85. The Hall–Kier alpha value is -3.22. The van der Waals surface area contributed by atoms with Gasteiger partial charge in [-0.2, -0.15) is 0 Å². The molecule has 0 bridgehead atoms. The number of aromatic nitrogens is 6. The van der Waals surface area contributed by atoms with E-state index in [1.54, 1.807) is 0 Å². The first-order chi connectivity index (χ1) is 10.3. The number of hydrogen-bond acceptors (Lipinski definition) is 6. The maximum Gasteiger partial charge on any atom is 0.291 e. The molecule has 2 aromatic heterocycles. The van der Waals surface area contributed by atoms with E-state index in [4.69, 9.17) is 0 Å². The molecule has 5 rings (SSSR count). The van der Waals surface area contributed by atoms with Gasteiger partial charge >= 0.3 is 0 Å². The molecule has 98 valence electrons. The van der Waals surface area contributed by atoms with E-state index in [1.165, 1.54) is 4.63 Å². The molecule has 0 N–H and O–H groups in total. The van der Waals surface area contributed by atoms with Crippen molar-refractivity contribution < 1.29 is 4.79 Å². The van der Waals surface area contributed by atoms with E-state index in [1.807, 2.05) is 36.4 Å². The summed E-state index contributed by atoms with van der Waals surface area (Å²) in [5.41, 5.74) is 2.24. The van der Waals surface area contributed by atoms with Gasteiger partial charge in [0.15, 0.2) is 5.69 Å². The van der Waals surface area contributed by atoms with Crippen molar-refractivity contribution in [2.24, 2.45) is 0 Å². The lowest BCUT2D eigenvalue weighted by Gasteiger charge is -2.02. The molecule has 2 heterocycles. The van der Waals surface area contributed by atoms with Gasteiger partial charge in [-0.15, -0.1) is 5.10 Å². The fraction of sp³-hybridized carbons (Fsp3) is 0. The molecule has 7 nitrogen and oxygen atoms in total. The zero-order chi connectivity index (χ0) is 14.0. The largest absolute Gasteiger partial charge is 0.291 e. The molecule has 0 aliphatic heterocycles. The summed E-state index contributed by atoms with van der Waals surface area (Å²) in [5.74, 6) is 0.137. The van der Waals surface area contributed by atoms with E-state index in [0.717, 1.165) is 16.3 Å². The number of tetrazole rings is 1. The van der Waals surface area contributed by atoms with Crippen LogP contribution in [0.4, 0.5) is 0 Å². The Morgan fingerprint density at radius 1 is 0.952 bits per heavy atom. The van der Waals surface area contributed by atoms with Crippen molar-refractivity contribution in [2.45, 2.75) is 0 Å². The zero-order valence-corrected chi connectivity index (χ0v) is 10.6. The van der Waals surface area contributed by atoms with Crippen LogP contribution in [0.15, 0.2) is 36.4 Å². The smallest absolute Gasteiger partial charge is 0.287 e. The highest BCUT2D eigenvalue weighted by molar-refractivity contribution is 6.21. The molecular weight excluding hydrogens is 268 g/mol. The topological polar surface area (TPSA) is 85.9 Å².